The maximum absolute atomic E-state index is 12.5. The highest BCUT2D eigenvalue weighted by molar-refractivity contribution is 6.35. The average Bonchev–Trinajstić information content (AvgIpc) is 2.65. The zero-order valence-corrected chi connectivity index (χ0v) is 14.8. The molecule has 1 N–H and O–H groups in total. The molecule has 0 spiro atoms. The number of benzene rings is 2. The van der Waals surface area contributed by atoms with Crippen molar-refractivity contribution < 1.29 is 4.79 Å². The molecule has 0 radical (unpaired) electrons. The second-order valence-corrected chi connectivity index (χ2v) is 6.08. The Hall–Kier alpha value is -2.63. The second-order valence-electron chi connectivity index (χ2n) is 5.24. The van der Waals surface area contributed by atoms with Gasteiger partial charge in [-0.05, 0) is 30.3 Å². The lowest BCUT2D eigenvalue weighted by molar-refractivity contribution is 0.0988. The molecule has 7 heteroatoms. The number of hydrogen-bond donors (Lipinski definition) is 1. The first-order valence-electron chi connectivity index (χ1n) is 7.42. The molecule has 0 atom stereocenters. The van der Waals surface area contributed by atoms with Gasteiger partial charge in [-0.25, -0.2) is 9.97 Å². The molecule has 0 bridgehead atoms. The zero-order valence-electron chi connectivity index (χ0n) is 13.3. The molecule has 3 aromatic rings. The van der Waals surface area contributed by atoms with E-state index in [-0.39, 0.29) is 11.6 Å². The number of amides is 1. The van der Waals surface area contributed by atoms with E-state index in [9.17, 15) is 4.79 Å². The third kappa shape index (κ3) is 4.07. The fourth-order valence-corrected chi connectivity index (χ4v) is 2.51. The molecule has 1 heterocycles. The summed E-state index contributed by atoms with van der Waals surface area (Å²) in [6, 6.07) is 14.4. The van der Waals surface area contributed by atoms with Crippen LogP contribution in [0.2, 0.25) is 10.0 Å². The number of nitrogens with zero attached hydrogens (tertiary/aromatic N) is 3. The van der Waals surface area contributed by atoms with Crippen LogP contribution < -0.4 is 10.2 Å². The molecule has 25 heavy (non-hydrogen) atoms. The van der Waals surface area contributed by atoms with E-state index in [1.54, 1.807) is 25.2 Å². The van der Waals surface area contributed by atoms with Crippen LogP contribution >= 0.6 is 23.2 Å². The van der Waals surface area contributed by atoms with Crippen molar-refractivity contribution in [3.05, 3.63) is 76.7 Å². The molecule has 3 rings (SSSR count). The Bertz CT molecular complexity index is 885. The summed E-state index contributed by atoms with van der Waals surface area (Å²) in [5.41, 5.74) is 1.64. The molecule has 126 valence electrons. The Balaban J connectivity index is 1.76. The second kappa shape index (κ2) is 7.51. The molecule has 0 saturated heterocycles. The van der Waals surface area contributed by atoms with E-state index in [1.807, 2.05) is 30.3 Å². The minimum absolute atomic E-state index is 0.244. The monoisotopic (exact) mass is 372 g/mol. The fraction of sp³-hybridized carbons (Fsp3) is 0.0556. The number of aromatic nitrogens is 2. The first-order chi connectivity index (χ1) is 12.0. The minimum Gasteiger partial charge on any atom is -0.338 e. The fourth-order valence-electron chi connectivity index (χ4n) is 2.17. The number of halogens is 2. The topological polar surface area (TPSA) is 58.1 Å². The van der Waals surface area contributed by atoms with Crippen LogP contribution in [0.5, 0.6) is 0 Å². The maximum atomic E-state index is 12.5. The molecular formula is C18H14Cl2N4O. The van der Waals surface area contributed by atoms with Gasteiger partial charge in [0.15, 0.2) is 0 Å². The Labute approximate surface area is 155 Å². The largest absolute Gasteiger partial charge is 0.338 e. The molecule has 0 aliphatic carbocycles. The van der Waals surface area contributed by atoms with Crippen molar-refractivity contribution >= 4 is 46.3 Å². The van der Waals surface area contributed by atoms with Gasteiger partial charge in [0.1, 0.15) is 11.5 Å². The van der Waals surface area contributed by atoms with Gasteiger partial charge in [0, 0.05) is 17.8 Å². The third-order valence-corrected chi connectivity index (χ3v) is 4.07. The number of rotatable bonds is 4. The van der Waals surface area contributed by atoms with Crippen molar-refractivity contribution in [3.63, 3.8) is 0 Å². The van der Waals surface area contributed by atoms with Crippen LogP contribution in [-0.4, -0.2) is 22.9 Å². The number of hydrogen-bond acceptors (Lipinski definition) is 4. The number of para-hydroxylation sites is 1. The SMILES string of the molecule is CN(C(=O)c1cnc(Nc2cc(Cl)ccc2Cl)cn1)c1ccccc1. The molecule has 2 aromatic carbocycles. The predicted octanol–water partition coefficient (Wildman–Crippen LogP) is 4.80. The van der Waals surface area contributed by atoms with Crippen LogP contribution in [0.1, 0.15) is 10.5 Å². The molecule has 5 nitrogen and oxygen atoms in total. The highest BCUT2D eigenvalue weighted by Crippen LogP contribution is 2.27. The molecule has 0 saturated carbocycles. The molecule has 0 fully saturated rings. The van der Waals surface area contributed by atoms with E-state index >= 15 is 0 Å². The van der Waals surface area contributed by atoms with Crippen molar-refractivity contribution in [1.29, 1.82) is 0 Å². The average molecular weight is 373 g/mol. The van der Waals surface area contributed by atoms with Gasteiger partial charge in [-0.2, -0.15) is 0 Å². The molecule has 0 aliphatic heterocycles. The minimum atomic E-state index is -0.244. The van der Waals surface area contributed by atoms with E-state index in [0.29, 0.717) is 21.6 Å². The number of anilines is 3. The Morgan fingerprint density at radius 2 is 1.80 bits per heavy atom. The van der Waals surface area contributed by atoms with Gasteiger partial charge in [-0.3, -0.25) is 4.79 Å². The van der Waals surface area contributed by atoms with Crippen molar-refractivity contribution in [2.24, 2.45) is 0 Å². The van der Waals surface area contributed by atoms with E-state index in [1.165, 1.54) is 17.3 Å². The summed E-state index contributed by atoms with van der Waals surface area (Å²) in [6.45, 7) is 0. The number of carbonyl (C=O) groups is 1. The van der Waals surface area contributed by atoms with Crippen molar-refractivity contribution in [2.75, 3.05) is 17.3 Å². The van der Waals surface area contributed by atoms with E-state index in [4.69, 9.17) is 23.2 Å². The van der Waals surface area contributed by atoms with Crippen molar-refractivity contribution in [2.45, 2.75) is 0 Å². The van der Waals surface area contributed by atoms with Crippen molar-refractivity contribution in [3.8, 4) is 0 Å². The summed E-state index contributed by atoms with van der Waals surface area (Å²) in [4.78, 5) is 22.4. The lowest BCUT2D eigenvalue weighted by atomic mass is 10.3. The van der Waals surface area contributed by atoms with E-state index < -0.39 is 0 Å². The summed E-state index contributed by atoms with van der Waals surface area (Å²) < 4.78 is 0. The normalized spacial score (nSPS) is 10.4. The smallest absolute Gasteiger partial charge is 0.278 e. The van der Waals surface area contributed by atoms with Crippen LogP contribution in [0.4, 0.5) is 17.2 Å². The van der Waals surface area contributed by atoms with Crippen LogP contribution in [0.25, 0.3) is 0 Å². The third-order valence-electron chi connectivity index (χ3n) is 3.51. The predicted molar refractivity (Wildman–Crippen MR) is 101 cm³/mol. The van der Waals surface area contributed by atoms with Gasteiger partial charge in [0.25, 0.3) is 5.91 Å². The van der Waals surface area contributed by atoms with Gasteiger partial charge in [-0.15, -0.1) is 0 Å². The van der Waals surface area contributed by atoms with Crippen LogP contribution in [0, 0.1) is 0 Å². The van der Waals surface area contributed by atoms with Gasteiger partial charge < -0.3 is 10.2 Å². The summed E-state index contributed by atoms with van der Waals surface area (Å²) in [5.74, 6) is 0.217. The molecule has 1 amide bonds. The Morgan fingerprint density at radius 1 is 1.04 bits per heavy atom. The summed E-state index contributed by atoms with van der Waals surface area (Å²) in [7, 11) is 1.69. The summed E-state index contributed by atoms with van der Waals surface area (Å²) >= 11 is 12.1. The molecule has 0 aliphatic rings. The Morgan fingerprint density at radius 3 is 2.48 bits per heavy atom. The van der Waals surface area contributed by atoms with Gasteiger partial charge in [0.2, 0.25) is 0 Å². The van der Waals surface area contributed by atoms with E-state index in [2.05, 4.69) is 15.3 Å². The van der Waals surface area contributed by atoms with Gasteiger partial charge >= 0.3 is 0 Å². The number of nitrogens with one attached hydrogen (secondary N) is 1. The summed E-state index contributed by atoms with van der Waals surface area (Å²) in [6.07, 6.45) is 2.89. The van der Waals surface area contributed by atoms with E-state index in [0.717, 1.165) is 5.69 Å². The lowest BCUT2D eigenvalue weighted by Gasteiger charge is -2.16. The standard InChI is InChI=1S/C18H14Cl2N4O/c1-24(13-5-3-2-4-6-13)18(25)16-10-22-17(11-21-16)23-15-9-12(19)7-8-14(15)20/h2-11H,1H3,(H,22,23). The highest BCUT2D eigenvalue weighted by Gasteiger charge is 2.15. The van der Waals surface area contributed by atoms with Gasteiger partial charge in [0.05, 0.1) is 23.1 Å². The summed E-state index contributed by atoms with van der Waals surface area (Å²) in [5, 5.41) is 4.09. The molecular weight excluding hydrogens is 359 g/mol. The van der Waals surface area contributed by atoms with Crippen molar-refractivity contribution in [1.82, 2.24) is 9.97 Å². The van der Waals surface area contributed by atoms with Crippen LogP contribution in [-0.2, 0) is 0 Å². The molecule has 1 aromatic heterocycles. The Kier molecular flexibility index (Phi) is 5.16. The quantitative estimate of drug-likeness (QED) is 0.714. The highest BCUT2D eigenvalue weighted by atomic mass is 35.5. The number of carbonyl (C=O) groups excluding carboxylic acids is 1. The van der Waals surface area contributed by atoms with Crippen LogP contribution in [0.15, 0.2) is 60.9 Å². The first kappa shape index (κ1) is 17.2. The molecule has 0 unspecified atom stereocenters. The first-order valence-corrected chi connectivity index (χ1v) is 8.17. The lowest BCUT2D eigenvalue weighted by Crippen LogP contribution is -2.27. The van der Waals surface area contributed by atoms with Gasteiger partial charge in [-0.1, -0.05) is 41.4 Å². The zero-order chi connectivity index (χ0) is 17.8. The van der Waals surface area contributed by atoms with Crippen LogP contribution in [0.3, 0.4) is 0 Å². The maximum Gasteiger partial charge on any atom is 0.278 e.